The third kappa shape index (κ3) is 1.16. The maximum Gasteiger partial charge on any atom is 0.409 e. The summed E-state index contributed by atoms with van der Waals surface area (Å²) in [7, 11) is 1.43. The number of ether oxygens (including phenoxy) is 1. The smallest absolute Gasteiger partial charge is 0.409 e. The summed E-state index contributed by atoms with van der Waals surface area (Å²) in [5.41, 5.74) is 0. The molecule has 0 spiro atoms. The van der Waals surface area contributed by atoms with Crippen LogP contribution in [0.25, 0.3) is 0 Å². The predicted molar refractivity (Wildman–Crippen MR) is 43.9 cm³/mol. The summed E-state index contributed by atoms with van der Waals surface area (Å²) in [6.07, 6.45) is 1.00. The molecular formula is C8H14N2O2. The Morgan fingerprint density at radius 3 is 3.08 bits per heavy atom. The Bertz CT molecular complexity index is 183. The minimum atomic E-state index is -0.189. The minimum absolute atomic E-state index is 0.189. The van der Waals surface area contributed by atoms with E-state index >= 15 is 0 Å². The van der Waals surface area contributed by atoms with E-state index < -0.39 is 0 Å². The number of carbonyl (C=O) groups is 1. The van der Waals surface area contributed by atoms with Gasteiger partial charge in [0.05, 0.1) is 7.11 Å². The normalized spacial score (nSPS) is 33.6. The Morgan fingerprint density at radius 1 is 1.58 bits per heavy atom. The lowest BCUT2D eigenvalue weighted by Gasteiger charge is -2.14. The second-order valence-electron chi connectivity index (χ2n) is 3.48. The van der Waals surface area contributed by atoms with Crippen LogP contribution in [-0.2, 0) is 4.74 Å². The second kappa shape index (κ2) is 2.94. The van der Waals surface area contributed by atoms with Gasteiger partial charge in [-0.2, -0.15) is 0 Å². The molecular weight excluding hydrogens is 156 g/mol. The van der Waals surface area contributed by atoms with E-state index in [0.717, 1.165) is 19.6 Å². The molecule has 4 nitrogen and oxygen atoms in total. The number of carbonyl (C=O) groups excluding carboxylic acids is 1. The number of hydrogen-bond donors (Lipinski definition) is 1. The van der Waals surface area contributed by atoms with Crippen LogP contribution in [0.4, 0.5) is 4.79 Å². The standard InChI is InChI=1S/C8H14N2O2/c1-12-8(11)10-4-6-2-3-9-7(6)5-10/h6-7,9H,2-5H2,1H3/t6-,7+/m1/s1. The molecule has 2 saturated heterocycles. The molecule has 2 heterocycles. The molecule has 2 fully saturated rings. The number of nitrogens with one attached hydrogen (secondary N) is 1. The first-order chi connectivity index (χ1) is 5.81. The number of fused-ring (bicyclic) bond motifs is 1. The van der Waals surface area contributed by atoms with E-state index in [4.69, 9.17) is 0 Å². The molecule has 1 N–H and O–H groups in total. The fourth-order valence-corrected chi connectivity index (χ4v) is 2.13. The molecule has 2 atom stereocenters. The summed E-state index contributed by atoms with van der Waals surface area (Å²) in [5.74, 6) is 0.657. The lowest BCUT2D eigenvalue weighted by Crippen LogP contribution is -2.33. The Kier molecular flexibility index (Phi) is 1.92. The van der Waals surface area contributed by atoms with E-state index in [2.05, 4.69) is 10.1 Å². The molecule has 0 saturated carbocycles. The van der Waals surface area contributed by atoms with Gasteiger partial charge in [0.1, 0.15) is 0 Å². The van der Waals surface area contributed by atoms with E-state index in [1.807, 2.05) is 0 Å². The highest BCUT2D eigenvalue weighted by Crippen LogP contribution is 2.24. The summed E-state index contributed by atoms with van der Waals surface area (Å²) in [4.78, 5) is 12.9. The summed E-state index contributed by atoms with van der Waals surface area (Å²) in [6, 6.07) is 0.518. The lowest BCUT2D eigenvalue weighted by atomic mass is 10.1. The lowest BCUT2D eigenvalue weighted by molar-refractivity contribution is 0.130. The van der Waals surface area contributed by atoms with Crippen molar-refractivity contribution < 1.29 is 9.53 Å². The Hall–Kier alpha value is -0.770. The van der Waals surface area contributed by atoms with Gasteiger partial charge in [0.15, 0.2) is 0 Å². The molecule has 68 valence electrons. The van der Waals surface area contributed by atoms with Crippen LogP contribution < -0.4 is 5.32 Å². The number of rotatable bonds is 0. The van der Waals surface area contributed by atoms with Gasteiger partial charge in [0, 0.05) is 19.1 Å². The molecule has 2 aliphatic rings. The van der Waals surface area contributed by atoms with Crippen LogP contribution in [0.15, 0.2) is 0 Å². The van der Waals surface area contributed by atoms with Gasteiger partial charge < -0.3 is 15.0 Å². The van der Waals surface area contributed by atoms with Crippen molar-refractivity contribution in [3.8, 4) is 0 Å². The maximum atomic E-state index is 11.1. The van der Waals surface area contributed by atoms with E-state index in [9.17, 15) is 4.79 Å². The topological polar surface area (TPSA) is 41.6 Å². The van der Waals surface area contributed by atoms with Gasteiger partial charge in [-0.15, -0.1) is 0 Å². The second-order valence-corrected chi connectivity index (χ2v) is 3.48. The molecule has 1 amide bonds. The van der Waals surface area contributed by atoms with Crippen LogP contribution in [0, 0.1) is 5.92 Å². The monoisotopic (exact) mass is 170 g/mol. The number of nitrogens with zero attached hydrogens (tertiary/aromatic N) is 1. The average molecular weight is 170 g/mol. The molecule has 0 bridgehead atoms. The van der Waals surface area contributed by atoms with Gasteiger partial charge in [0.2, 0.25) is 0 Å². The third-order valence-electron chi connectivity index (χ3n) is 2.80. The van der Waals surface area contributed by atoms with E-state index in [0.29, 0.717) is 12.0 Å². The number of methoxy groups -OCH3 is 1. The molecule has 2 rings (SSSR count). The molecule has 4 heteroatoms. The molecule has 2 aliphatic heterocycles. The summed E-state index contributed by atoms with van der Waals surface area (Å²) in [6.45, 7) is 2.78. The van der Waals surface area contributed by atoms with Crippen molar-refractivity contribution in [1.82, 2.24) is 10.2 Å². The maximum absolute atomic E-state index is 11.1. The predicted octanol–water partition coefficient (Wildman–Crippen LogP) is 0.0465. The van der Waals surface area contributed by atoms with Gasteiger partial charge in [-0.1, -0.05) is 0 Å². The van der Waals surface area contributed by atoms with Crippen LogP contribution in [0.3, 0.4) is 0 Å². The summed E-state index contributed by atoms with van der Waals surface area (Å²) < 4.78 is 4.66. The highest BCUT2D eigenvalue weighted by molar-refractivity contribution is 5.68. The van der Waals surface area contributed by atoms with Crippen molar-refractivity contribution in [2.75, 3.05) is 26.7 Å². The molecule has 0 radical (unpaired) electrons. The van der Waals surface area contributed by atoms with E-state index in [-0.39, 0.29) is 6.09 Å². The average Bonchev–Trinajstić information content (AvgIpc) is 2.60. The van der Waals surface area contributed by atoms with Crippen molar-refractivity contribution in [3.05, 3.63) is 0 Å². The van der Waals surface area contributed by atoms with Gasteiger partial charge >= 0.3 is 6.09 Å². The quantitative estimate of drug-likeness (QED) is 0.558. The van der Waals surface area contributed by atoms with Crippen LogP contribution in [-0.4, -0.2) is 43.8 Å². The minimum Gasteiger partial charge on any atom is -0.453 e. The SMILES string of the molecule is COC(=O)N1C[C@H]2CCN[C@H]2C1. The van der Waals surface area contributed by atoms with Crippen molar-refractivity contribution in [3.63, 3.8) is 0 Å². The van der Waals surface area contributed by atoms with E-state index in [1.165, 1.54) is 13.5 Å². The number of likely N-dealkylation sites (tertiary alicyclic amines) is 1. The van der Waals surface area contributed by atoms with E-state index in [1.54, 1.807) is 4.90 Å². The fourth-order valence-electron chi connectivity index (χ4n) is 2.13. The zero-order valence-electron chi connectivity index (χ0n) is 7.25. The van der Waals surface area contributed by atoms with Crippen molar-refractivity contribution in [2.24, 2.45) is 5.92 Å². The third-order valence-corrected chi connectivity index (χ3v) is 2.80. The molecule has 0 unspecified atom stereocenters. The van der Waals surface area contributed by atoms with Crippen molar-refractivity contribution in [2.45, 2.75) is 12.5 Å². The molecule has 0 aliphatic carbocycles. The molecule has 0 aromatic heterocycles. The Labute approximate surface area is 71.9 Å². The van der Waals surface area contributed by atoms with Gasteiger partial charge in [-0.25, -0.2) is 4.79 Å². The highest BCUT2D eigenvalue weighted by Gasteiger charge is 2.38. The van der Waals surface area contributed by atoms with Crippen molar-refractivity contribution >= 4 is 6.09 Å². The van der Waals surface area contributed by atoms with Crippen LogP contribution in [0.1, 0.15) is 6.42 Å². The van der Waals surface area contributed by atoms with Crippen molar-refractivity contribution in [1.29, 1.82) is 0 Å². The van der Waals surface area contributed by atoms with Gasteiger partial charge in [-0.05, 0) is 18.9 Å². The Morgan fingerprint density at radius 2 is 2.42 bits per heavy atom. The first-order valence-electron chi connectivity index (χ1n) is 4.37. The first-order valence-corrected chi connectivity index (χ1v) is 4.37. The number of hydrogen-bond acceptors (Lipinski definition) is 3. The molecule has 0 aromatic carbocycles. The van der Waals surface area contributed by atoms with Gasteiger partial charge in [-0.3, -0.25) is 0 Å². The zero-order chi connectivity index (χ0) is 8.55. The van der Waals surface area contributed by atoms with Gasteiger partial charge in [0.25, 0.3) is 0 Å². The van der Waals surface area contributed by atoms with Crippen LogP contribution in [0.2, 0.25) is 0 Å². The summed E-state index contributed by atoms with van der Waals surface area (Å²) in [5, 5.41) is 3.38. The fraction of sp³-hybridized carbons (Fsp3) is 0.875. The highest BCUT2D eigenvalue weighted by atomic mass is 16.5. The van der Waals surface area contributed by atoms with Crippen LogP contribution >= 0.6 is 0 Å². The largest absolute Gasteiger partial charge is 0.453 e. The summed E-state index contributed by atoms with van der Waals surface area (Å²) >= 11 is 0. The Balaban J connectivity index is 1.94. The molecule has 12 heavy (non-hydrogen) atoms. The van der Waals surface area contributed by atoms with Crippen LogP contribution in [0.5, 0.6) is 0 Å². The first kappa shape index (κ1) is 7.86. The zero-order valence-corrected chi connectivity index (χ0v) is 7.25. The number of amides is 1. The molecule has 0 aromatic rings.